The number of anilines is 2. The Morgan fingerprint density at radius 1 is 1.02 bits per heavy atom. The van der Waals surface area contributed by atoms with Crippen LogP contribution < -0.4 is 21.3 Å². The highest BCUT2D eigenvalue weighted by atomic mass is 32.2. The van der Waals surface area contributed by atoms with Gasteiger partial charge in [0.15, 0.2) is 0 Å². The lowest BCUT2D eigenvalue weighted by Crippen LogP contribution is -2.52. The summed E-state index contributed by atoms with van der Waals surface area (Å²) >= 11 is 0. The Balaban J connectivity index is 1.55. The number of amides is 5. The zero-order chi connectivity index (χ0) is 35.6. The first kappa shape index (κ1) is 38.0. The van der Waals surface area contributed by atoms with E-state index in [9.17, 15) is 37.5 Å². The first-order valence-electron chi connectivity index (χ1n) is 15.8. The number of nitrogens with zero attached hydrogens (tertiary/aromatic N) is 2. The number of benzene rings is 2. The molecule has 0 spiro atoms. The smallest absolute Gasteiger partial charge is 0.326 e. The monoisotopic (exact) mass is 686 g/mol. The lowest BCUT2D eigenvalue weighted by Gasteiger charge is -2.29. The molecule has 2 aromatic rings. The zero-order valence-corrected chi connectivity index (χ0v) is 28.8. The largest absolute Gasteiger partial charge is 0.480 e. The van der Waals surface area contributed by atoms with Crippen LogP contribution in [0, 0.1) is 12.8 Å². The summed E-state index contributed by atoms with van der Waals surface area (Å²) < 4.78 is 25.1. The van der Waals surface area contributed by atoms with Gasteiger partial charge in [0.05, 0.1) is 12.7 Å². The molecular weight excluding hydrogens is 640 g/mol. The Hall–Kier alpha value is -4.50. The van der Waals surface area contributed by atoms with E-state index in [1.165, 1.54) is 11.9 Å². The molecule has 0 bridgehead atoms. The van der Waals surface area contributed by atoms with Crippen LogP contribution in [0.2, 0.25) is 0 Å². The second-order valence-electron chi connectivity index (χ2n) is 12.4. The SMILES string of the molecule is Cc1ccccc1NC(=O)Nc1ccc(CC(=O)N(C)[C@@H](CC(C)C)C(=O)NCC[C@H](NC(=O)[C@@H]2CCCN2S(C)(=O)=O)C(=O)O)cc1. The van der Waals surface area contributed by atoms with Crippen LogP contribution in [0.3, 0.4) is 0 Å². The van der Waals surface area contributed by atoms with Crippen molar-refractivity contribution in [2.75, 3.05) is 37.0 Å². The van der Waals surface area contributed by atoms with E-state index in [4.69, 9.17) is 0 Å². The fourth-order valence-electron chi connectivity index (χ4n) is 5.45. The molecule has 5 N–H and O–H groups in total. The standard InChI is InChI=1S/C33H46N6O8S/c1-21(2)19-28(30(41)34-17-16-26(32(43)44)36-31(42)27-11-8-18-39(27)48(5,46)47)38(4)29(40)20-23-12-14-24(15-13-23)35-33(45)37-25-10-7-6-9-22(25)3/h6-7,9-10,12-15,21,26-28H,8,11,16-20H2,1-5H3,(H,34,41)(H,36,42)(H,43,44)(H2,35,37,45)/t26-,27-,28-/m0/s1. The van der Waals surface area contributed by atoms with Gasteiger partial charge in [-0.05, 0) is 67.9 Å². The maximum atomic E-state index is 13.3. The lowest BCUT2D eigenvalue weighted by molar-refractivity contribution is -0.142. The Kier molecular flexibility index (Phi) is 13.5. The molecule has 1 saturated heterocycles. The molecule has 1 aliphatic heterocycles. The van der Waals surface area contributed by atoms with Gasteiger partial charge in [0, 0.05) is 31.5 Å². The van der Waals surface area contributed by atoms with Crippen molar-refractivity contribution >= 4 is 51.1 Å². The normalized spacial score (nSPS) is 16.1. The first-order valence-corrected chi connectivity index (χ1v) is 17.7. The van der Waals surface area contributed by atoms with Gasteiger partial charge in [-0.25, -0.2) is 18.0 Å². The van der Waals surface area contributed by atoms with Crippen molar-refractivity contribution in [3.8, 4) is 0 Å². The molecule has 48 heavy (non-hydrogen) atoms. The van der Waals surface area contributed by atoms with Crippen molar-refractivity contribution in [1.29, 1.82) is 0 Å². The van der Waals surface area contributed by atoms with Crippen molar-refractivity contribution < 1.29 is 37.5 Å². The van der Waals surface area contributed by atoms with E-state index in [-0.39, 0.29) is 44.2 Å². The maximum Gasteiger partial charge on any atom is 0.326 e. The van der Waals surface area contributed by atoms with Crippen LogP contribution in [0.15, 0.2) is 48.5 Å². The molecule has 262 valence electrons. The van der Waals surface area contributed by atoms with E-state index >= 15 is 0 Å². The molecular formula is C33H46N6O8S. The quantitative estimate of drug-likeness (QED) is 0.189. The van der Waals surface area contributed by atoms with Crippen LogP contribution in [0.5, 0.6) is 0 Å². The van der Waals surface area contributed by atoms with Crippen LogP contribution in [-0.2, 0) is 35.6 Å². The molecule has 2 aromatic carbocycles. The number of rotatable bonds is 15. The number of hydrogen-bond acceptors (Lipinski definition) is 7. The van der Waals surface area contributed by atoms with E-state index in [0.29, 0.717) is 29.8 Å². The minimum Gasteiger partial charge on any atom is -0.480 e. The number of sulfonamides is 1. The van der Waals surface area contributed by atoms with Gasteiger partial charge in [0.2, 0.25) is 27.7 Å². The van der Waals surface area contributed by atoms with Gasteiger partial charge in [0.25, 0.3) is 0 Å². The molecule has 14 nitrogen and oxygen atoms in total. The molecule has 0 aliphatic carbocycles. The van der Waals surface area contributed by atoms with E-state index in [2.05, 4.69) is 21.3 Å². The lowest BCUT2D eigenvalue weighted by atomic mass is 10.0. The fraction of sp³-hybridized carbons (Fsp3) is 0.485. The minimum absolute atomic E-state index is 0.00679. The number of aliphatic carboxylic acids is 1. The van der Waals surface area contributed by atoms with Gasteiger partial charge in [-0.3, -0.25) is 14.4 Å². The number of aryl methyl sites for hydroxylation is 1. The van der Waals surface area contributed by atoms with E-state index in [0.717, 1.165) is 16.1 Å². The third kappa shape index (κ3) is 11.0. The average molecular weight is 687 g/mol. The molecule has 1 heterocycles. The zero-order valence-electron chi connectivity index (χ0n) is 28.0. The van der Waals surface area contributed by atoms with Crippen LogP contribution in [-0.4, -0.2) is 97.0 Å². The van der Waals surface area contributed by atoms with Crippen LogP contribution in [0.4, 0.5) is 16.2 Å². The molecule has 0 saturated carbocycles. The predicted octanol–water partition coefficient (Wildman–Crippen LogP) is 2.55. The van der Waals surface area contributed by atoms with Gasteiger partial charge in [-0.1, -0.05) is 44.2 Å². The van der Waals surface area contributed by atoms with Crippen molar-refractivity contribution in [3.05, 3.63) is 59.7 Å². The van der Waals surface area contributed by atoms with Crippen molar-refractivity contribution in [2.24, 2.45) is 5.92 Å². The second-order valence-corrected chi connectivity index (χ2v) is 14.4. The molecule has 3 rings (SSSR count). The molecule has 5 amide bonds. The van der Waals surface area contributed by atoms with Gasteiger partial charge < -0.3 is 31.3 Å². The third-order valence-corrected chi connectivity index (χ3v) is 9.39. The first-order chi connectivity index (χ1) is 22.6. The van der Waals surface area contributed by atoms with E-state index in [1.807, 2.05) is 39.0 Å². The van der Waals surface area contributed by atoms with Gasteiger partial charge >= 0.3 is 12.0 Å². The molecule has 15 heteroatoms. The Bertz CT molecular complexity index is 1580. The number of para-hydroxylation sites is 1. The third-order valence-electron chi connectivity index (χ3n) is 8.10. The molecule has 0 unspecified atom stereocenters. The van der Waals surface area contributed by atoms with Crippen molar-refractivity contribution in [3.63, 3.8) is 0 Å². The molecule has 0 radical (unpaired) electrons. The number of urea groups is 1. The summed E-state index contributed by atoms with van der Waals surface area (Å²) in [6, 6.07) is 10.6. The summed E-state index contributed by atoms with van der Waals surface area (Å²) in [5.74, 6) is -2.73. The summed E-state index contributed by atoms with van der Waals surface area (Å²) in [7, 11) is -2.10. The topological polar surface area (TPSA) is 194 Å². The Morgan fingerprint density at radius 3 is 2.29 bits per heavy atom. The molecule has 3 atom stereocenters. The van der Waals surface area contributed by atoms with Crippen LogP contribution in [0.25, 0.3) is 0 Å². The summed E-state index contributed by atoms with van der Waals surface area (Å²) in [5.41, 5.74) is 2.83. The highest BCUT2D eigenvalue weighted by Crippen LogP contribution is 2.21. The van der Waals surface area contributed by atoms with E-state index < -0.39 is 52.0 Å². The molecule has 1 fully saturated rings. The number of nitrogens with one attached hydrogen (secondary N) is 4. The number of carbonyl (C=O) groups is 5. The fourth-order valence-corrected chi connectivity index (χ4v) is 6.57. The summed E-state index contributed by atoms with van der Waals surface area (Å²) in [6.07, 6.45) is 1.99. The average Bonchev–Trinajstić information content (AvgIpc) is 3.52. The number of likely N-dealkylation sites (N-methyl/N-ethyl adjacent to an activating group) is 1. The van der Waals surface area contributed by atoms with Crippen molar-refractivity contribution in [1.82, 2.24) is 19.8 Å². The summed E-state index contributed by atoms with van der Waals surface area (Å²) in [6.45, 7) is 5.81. The number of carboxylic acids is 1. The Morgan fingerprint density at radius 2 is 1.69 bits per heavy atom. The number of hydrogen-bond donors (Lipinski definition) is 5. The summed E-state index contributed by atoms with van der Waals surface area (Å²) in [5, 5.41) is 20.3. The Labute approximate surface area is 281 Å². The van der Waals surface area contributed by atoms with Gasteiger partial charge in [-0.2, -0.15) is 4.31 Å². The number of carbonyl (C=O) groups excluding carboxylic acids is 4. The molecule has 1 aliphatic rings. The maximum absolute atomic E-state index is 13.3. The highest BCUT2D eigenvalue weighted by Gasteiger charge is 2.38. The van der Waals surface area contributed by atoms with Crippen molar-refractivity contribution in [2.45, 2.75) is 71.0 Å². The van der Waals surface area contributed by atoms with E-state index in [1.54, 1.807) is 30.3 Å². The predicted molar refractivity (Wildman–Crippen MR) is 182 cm³/mol. The van der Waals surface area contributed by atoms with Crippen LogP contribution in [0.1, 0.15) is 50.7 Å². The van der Waals surface area contributed by atoms with Gasteiger partial charge in [0.1, 0.15) is 18.1 Å². The minimum atomic E-state index is -3.63. The highest BCUT2D eigenvalue weighted by molar-refractivity contribution is 7.88. The summed E-state index contributed by atoms with van der Waals surface area (Å²) in [4.78, 5) is 64.9. The second kappa shape index (κ2) is 17.1. The number of carboxylic acid groups (broad SMARTS) is 1. The van der Waals surface area contributed by atoms with Crippen LogP contribution >= 0.6 is 0 Å². The van der Waals surface area contributed by atoms with Gasteiger partial charge in [-0.15, -0.1) is 0 Å². The molecule has 0 aromatic heterocycles.